The molecule has 0 saturated heterocycles. The molecule has 2 atom stereocenters. The molecule has 78 valence electrons. The van der Waals surface area contributed by atoms with Crippen LogP contribution in [0.5, 0.6) is 0 Å². The Balaban J connectivity index is 2.28. The fourth-order valence-corrected chi connectivity index (χ4v) is 3.71. The van der Waals surface area contributed by atoms with Crippen molar-refractivity contribution in [3.8, 4) is 0 Å². The summed E-state index contributed by atoms with van der Waals surface area (Å²) in [6, 6.07) is 0. The first-order chi connectivity index (χ1) is 6.38. The van der Waals surface area contributed by atoms with Crippen molar-refractivity contribution < 1.29 is 0 Å². The van der Waals surface area contributed by atoms with Gasteiger partial charge in [0.1, 0.15) is 0 Å². The Hall–Kier alpha value is 0.350. The van der Waals surface area contributed by atoms with Crippen LogP contribution in [0.15, 0.2) is 0 Å². The minimum atomic E-state index is 1.00. The van der Waals surface area contributed by atoms with Crippen LogP contribution in [0.1, 0.15) is 58.8 Å². The highest BCUT2D eigenvalue weighted by molar-refractivity contribution is 7.99. The molecule has 0 aliphatic heterocycles. The van der Waals surface area contributed by atoms with Gasteiger partial charge in [0.2, 0.25) is 0 Å². The summed E-state index contributed by atoms with van der Waals surface area (Å²) in [5.74, 6) is 2.37. The summed E-state index contributed by atoms with van der Waals surface area (Å²) in [6.07, 6.45) is 10.3. The Kier molecular flexibility index (Phi) is 5.93. The van der Waals surface area contributed by atoms with E-state index in [0.717, 1.165) is 11.2 Å². The van der Waals surface area contributed by atoms with Gasteiger partial charge >= 0.3 is 0 Å². The van der Waals surface area contributed by atoms with E-state index in [1.165, 1.54) is 50.7 Å². The summed E-state index contributed by atoms with van der Waals surface area (Å²) in [5, 5.41) is 1.00. The summed E-state index contributed by atoms with van der Waals surface area (Å²) in [4.78, 5) is 0. The average Bonchev–Trinajstić information content (AvgIpc) is 2.17. The highest BCUT2D eigenvalue weighted by Gasteiger charge is 2.23. The van der Waals surface area contributed by atoms with E-state index in [2.05, 4.69) is 25.6 Å². The average molecular weight is 200 g/mol. The lowest BCUT2D eigenvalue weighted by Crippen LogP contribution is -2.22. The van der Waals surface area contributed by atoms with Crippen LogP contribution in [0.4, 0.5) is 0 Å². The maximum Gasteiger partial charge on any atom is 0.00752 e. The van der Waals surface area contributed by atoms with Gasteiger partial charge in [-0.05, 0) is 30.9 Å². The Morgan fingerprint density at radius 1 is 1.15 bits per heavy atom. The summed E-state index contributed by atoms with van der Waals surface area (Å²) in [7, 11) is 0. The molecule has 1 fully saturated rings. The molecule has 0 aromatic rings. The smallest absolute Gasteiger partial charge is 0.00752 e. The first-order valence-corrected chi connectivity index (χ1v) is 7.05. The van der Waals surface area contributed by atoms with Crippen LogP contribution in [0.3, 0.4) is 0 Å². The van der Waals surface area contributed by atoms with Gasteiger partial charge in [-0.15, -0.1) is 0 Å². The van der Waals surface area contributed by atoms with Crippen molar-refractivity contribution in [2.24, 2.45) is 5.92 Å². The van der Waals surface area contributed by atoms with Crippen molar-refractivity contribution in [3.05, 3.63) is 0 Å². The van der Waals surface area contributed by atoms with Crippen molar-refractivity contribution in [1.82, 2.24) is 0 Å². The van der Waals surface area contributed by atoms with Crippen LogP contribution in [-0.4, -0.2) is 11.0 Å². The van der Waals surface area contributed by atoms with Crippen LogP contribution in [0.25, 0.3) is 0 Å². The quantitative estimate of drug-likeness (QED) is 0.630. The molecule has 0 bridgehead atoms. The van der Waals surface area contributed by atoms with E-state index < -0.39 is 0 Å². The standard InChI is InChI=1S/C12H24S/c1-3-5-8-11-9-6-7-10-12(11)13-4-2/h11-12H,3-10H2,1-2H3/t11-,12+/m1/s1. The Labute approximate surface area is 87.9 Å². The summed E-state index contributed by atoms with van der Waals surface area (Å²) in [5.41, 5.74) is 0. The molecule has 13 heavy (non-hydrogen) atoms. The largest absolute Gasteiger partial charge is 0.159 e. The Morgan fingerprint density at radius 2 is 1.92 bits per heavy atom. The molecule has 0 radical (unpaired) electrons. The van der Waals surface area contributed by atoms with E-state index in [1.54, 1.807) is 0 Å². The molecule has 1 aliphatic carbocycles. The molecule has 0 aromatic heterocycles. The third kappa shape index (κ3) is 3.93. The zero-order chi connectivity index (χ0) is 9.52. The van der Waals surface area contributed by atoms with E-state index >= 15 is 0 Å². The maximum atomic E-state index is 2.31. The molecule has 0 nitrogen and oxygen atoms in total. The number of unbranched alkanes of at least 4 members (excludes halogenated alkanes) is 1. The molecule has 1 saturated carbocycles. The van der Waals surface area contributed by atoms with Gasteiger partial charge in [-0.3, -0.25) is 0 Å². The lowest BCUT2D eigenvalue weighted by atomic mass is 9.85. The van der Waals surface area contributed by atoms with Crippen LogP contribution in [0, 0.1) is 5.92 Å². The highest BCUT2D eigenvalue weighted by atomic mass is 32.2. The van der Waals surface area contributed by atoms with Crippen molar-refractivity contribution in [1.29, 1.82) is 0 Å². The number of hydrogen-bond donors (Lipinski definition) is 0. The monoisotopic (exact) mass is 200 g/mol. The molecule has 0 aromatic carbocycles. The fourth-order valence-electron chi connectivity index (χ4n) is 2.40. The summed E-state index contributed by atoms with van der Waals surface area (Å²) >= 11 is 2.21. The molecule has 1 rings (SSSR count). The van der Waals surface area contributed by atoms with E-state index in [-0.39, 0.29) is 0 Å². The Bertz CT molecular complexity index is 120. The van der Waals surface area contributed by atoms with Crippen molar-refractivity contribution in [2.45, 2.75) is 64.0 Å². The molecule has 0 spiro atoms. The predicted octanol–water partition coefficient (Wildman–Crippen LogP) is 4.49. The maximum absolute atomic E-state index is 2.31. The second-order valence-corrected chi connectivity index (χ2v) is 5.70. The molecular formula is C12H24S. The van der Waals surface area contributed by atoms with Crippen molar-refractivity contribution in [3.63, 3.8) is 0 Å². The van der Waals surface area contributed by atoms with Gasteiger partial charge in [0, 0.05) is 5.25 Å². The molecule has 0 amide bonds. The fraction of sp³-hybridized carbons (Fsp3) is 1.00. The van der Waals surface area contributed by atoms with Crippen LogP contribution < -0.4 is 0 Å². The third-order valence-electron chi connectivity index (χ3n) is 3.15. The first kappa shape index (κ1) is 11.4. The second-order valence-electron chi connectivity index (χ2n) is 4.18. The highest BCUT2D eigenvalue weighted by Crippen LogP contribution is 2.36. The summed E-state index contributed by atoms with van der Waals surface area (Å²) in [6.45, 7) is 4.61. The van der Waals surface area contributed by atoms with Gasteiger partial charge in [-0.2, -0.15) is 11.8 Å². The third-order valence-corrected chi connectivity index (χ3v) is 4.53. The molecule has 0 N–H and O–H groups in total. The first-order valence-electron chi connectivity index (χ1n) is 6.00. The van der Waals surface area contributed by atoms with Crippen LogP contribution in [0.2, 0.25) is 0 Å². The minimum Gasteiger partial charge on any atom is -0.159 e. The van der Waals surface area contributed by atoms with E-state index in [1.807, 2.05) is 0 Å². The van der Waals surface area contributed by atoms with Gasteiger partial charge in [0.25, 0.3) is 0 Å². The zero-order valence-corrected chi connectivity index (χ0v) is 10.0. The summed E-state index contributed by atoms with van der Waals surface area (Å²) < 4.78 is 0. The van der Waals surface area contributed by atoms with Gasteiger partial charge in [-0.1, -0.05) is 39.5 Å². The van der Waals surface area contributed by atoms with Crippen LogP contribution in [-0.2, 0) is 0 Å². The van der Waals surface area contributed by atoms with Crippen molar-refractivity contribution >= 4 is 11.8 Å². The topological polar surface area (TPSA) is 0 Å². The molecule has 1 heteroatoms. The Morgan fingerprint density at radius 3 is 2.62 bits per heavy atom. The number of hydrogen-bond acceptors (Lipinski definition) is 1. The number of rotatable bonds is 5. The molecule has 0 heterocycles. The molecular weight excluding hydrogens is 176 g/mol. The predicted molar refractivity (Wildman–Crippen MR) is 63.4 cm³/mol. The second kappa shape index (κ2) is 6.75. The normalized spacial score (nSPS) is 29.1. The van der Waals surface area contributed by atoms with Crippen molar-refractivity contribution in [2.75, 3.05) is 5.75 Å². The SMILES string of the molecule is CCCC[C@@H]1CCCC[C@@H]1SCC. The van der Waals surface area contributed by atoms with Gasteiger partial charge in [0.15, 0.2) is 0 Å². The van der Waals surface area contributed by atoms with E-state index in [9.17, 15) is 0 Å². The van der Waals surface area contributed by atoms with Crippen LogP contribution >= 0.6 is 11.8 Å². The van der Waals surface area contributed by atoms with E-state index in [0.29, 0.717) is 0 Å². The van der Waals surface area contributed by atoms with Gasteiger partial charge in [-0.25, -0.2) is 0 Å². The lowest BCUT2D eigenvalue weighted by Gasteiger charge is -2.30. The number of thioether (sulfide) groups is 1. The molecule has 0 unspecified atom stereocenters. The zero-order valence-electron chi connectivity index (χ0n) is 9.22. The van der Waals surface area contributed by atoms with Gasteiger partial charge < -0.3 is 0 Å². The molecule has 1 aliphatic rings. The van der Waals surface area contributed by atoms with E-state index in [4.69, 9.17) is 0 Å². The van der Waals surface area contributed by atoms with Gasteiger partial charge in [0.05, 0.1) is 0 Å². The lowest BCUT2D eigenvalue weighted by molar-refractivity contribution is 0.342. The minimum absolute atomic E-state index is 1.00.